The molecule has 1 aliphatic heterocycles. The summed E-state index contributed by atoms with van der Waals surface area (Å²) in [6.07, 6.45) is 3.43. The van der Waals surface area contributed by atoms with Gasteiger partial charge in [-0.15, -0.1) is 0 Å². The van der Waals surface area contributed by atoms with E-state index in [1.54, 1.807) is 14.0 Å². The van der Waals surface area contributed by atoms with Crippen molar-refractivity contribution < 1.29 is 9.53 Å². The standard InChI is InChI=1S/C11H20N2O2/c1-8(15-2)11(14)12-9-5-6-13(7-9)10-3-4-10/h8-10H,3-7H2,1-2H3,(H,12,14). The Morgan fingerprint density at radius 3 is 2.80 bits per heavy atom. The topological polar surface area (TPSA) is 41.6 Å². The molecule has 2 unspecified atom stereocenters. The number of rotatable bonds is 4. The summed E-state index contributed by atoms with van der Waals surface area (Å²) in [4.78, 5) is 14.1. The minimum absolute atomic E-state index is 0.0140. The number of nitrogens with one attached hydrogen (secondary N) is 1. The third kappa shape index (κ3) is 2.69. The SMILES string of the molecule is COC(C)C(=O)NC1CCN(C2CC2)C1. The minimum atomic E-state index is -0.333. The summed E-state index contributed by atoms with van der Waals surface area (Å²) in [6, 6.07) is 1.14. The second-order valence-electron chi connectivity index (χ2n) is 4.60. The first-order valence-corrected chi connectivity index (χ1v) is 5.78. The zero-order valence-corrected chi connectivity index (χ0v) is 9.53. The molecule has 2 fully saturated rings. The second kappa shape index (κ2) is 4.49. The average Bonchev–Trinajstić information content (AvgIpc) is 2.99. The normalized spacial score (nSPS) is 29.1. The van der Waals surface area contributed by atoms with Gasteiger partial charge in [0.1, 0.15) is 6.10 Å². The van der Waals surface area contributed by atoms with E-state index in [4.69, 9.17) is 4.74 Å². The van der Waals surface area contributed by atoms with Crippen molar-refractivity contribution in [3.05, 3.63) is 0 Å². The van der Waals surface area contributed by atoms with Crippen LogP contribution in [0.15, 0.2) is 0 Å². The highest BCUT2D eigenvalue weighted by Gasteiger charge is 2.35. The molecule has 0 aromatic rings. The summed E-state index contributed by atoms with van der Waals surface area (Å²) in [7, 11) is 1.56. The van der Waals surface area contributed by atoms with Crippen LogP contribution in [-0.4, -0.2) is 49.2 Å². The van der Waals surface area contributed by atoms with Crippen LogP contribution < -0.4 is 5.32 Å². The maximum Gasteiger partial charge on any atom is 0.249 e. The zero-order chi connectivity index (χ0) is 10.8. The molecular formula is C11H20N2O2. The maximum absolute atomic E-state index is 11.6. The van der Waals surface area contributed by atoms with Crippen LogP contribution in [0.4, 0.5) is 0 Å². The van der Waals surface area contributed by atoms with E-state index in [0.29, 0.717) is 6.04 Å². The molecule has 2 aliphatic rings. The number of carbonyl (C=O) groups is 1. The molecule has 1 amide bonds. The van der Waals surface area contributed by atoms with Gasteiger partial charge in [0, 0.05) is 32.3 Å². The smallest absolute Gasteiger partial charge is 0.249 e. The van der Waals surface area contributed by atoms with Gasteiger partial charge in [-0.2, -0.15) is 0 Å². The lowest BCUT2D eigenvalue weighted by molar-refractivity contribution is -0.130. The van der Waals surface area contributed by atoms with Gasteiger partial charge in [-0.1, -0.05) is 0 Å². The highest BCUT2D eigenvalue weighted by molar-refractivity contribution is 5.80. The fraction of sp³-hybridized carbons (Fsp3) is 0.909. The van der Waals surface area contributed by atoms with Crippen LogP contribution in [0.5, 0.6) is 0 Å². The Bertz CT molecular complexity index is 241. The maximum atomic E-state index is 11.6. The van der Waals surface area contributed by atoms with Crippen LogP contribution in [0.3, 0.4) is 0 Å². The van der Waals surface area contributed by atoms with Crippen LogP contribution in [0.1, 0.15) is 26.2 Å². The number of carbonyl (C=O) groups excluding carboxylic acids is 1. The number of nitrogens with zero attached hydrogens (tertiary/aromatic N) is 1. The minimum Gasteiger partial charge on any atom is -0.372 e. The van der Waals surface area contributed by atoms with E-state index in [2.05, 4.69) is 10.2 Å². The summed E-state index contributed by atoms with van der Waals surface area (Å²) in [5.41, 5.74) is 0. The van der Waals surface area contributed by atoms with Gasteiger partial charge >= 0.3 is 0 Å². The molecule has 0 aromatic carbocycles. The van der Waals surface area contributed by atoms with Gasteiger partial charge in [0.25, 0.3) is 0 Å². The molecule has 1 N–H and O–H groups in total. The molecule has 0 bridgehead atoms. The van der Waals surface area contributed by atoms with Crippen LogP contribution in [0.25, 0.3) is 0 Å². The number of hydrogen-bond donors (Lipinski definition) is 1. The van der Waals surface area contributed by atoms with Gasteiger partial charge in [0.05, 0.1) is 0 Å². The van der Waals surface area contributed by atoms with Gasteiger partial charge in [-0.3, -0.25) is 9.69 Å². The Balaban J connectivity index is 1.73. The molecule has 0 radical (unpaired) electrons. The molecule has 15 heavy (non-hydrogen) atoms. The molecule has 1 heterocycles. The van der Waals surface area contributed by atoms with Crippen molar-refractivity contribution in [2.75, 3.05) is 20.2 Å². The van der Waals surface area contributed by atoms with E-state index in [-0.39, 0.29) is 12.0 Å². The molecule has 0 aromatic heterocycles. The average molecular weight is 212 g/mol. The highest BCUT2D eigenvalue weighted by Crippen LogP contribution is 2.29. The van der Waals surface area contributed by atoms with Gasteiger partial charge in [-0.05, 0) is 26.2 Å². The molecule has 1 saturated heterocycles. The lowest BCUT2D eigenvalue weighted by Crippen LogP contribution is -2.42. The third-order valence-electron chi connectivity index (χ3n) is 3.35. The molecule has 2 rings (SSSR count). The first kappa shape index (κ1) is 10.9. The van der Waals surface area contributed by atoms with Crippen molar-refractivity contribution in [2.45, 2.75) is 44.4 Å². The fourth-order valence-electron chi connectivity index (χ4n) is 2.10. The van der Waals surface area contributed by atoms with Crippen molar-refractivity contribution in [2.24, 2.45) is 0 Å². The second-order valence-corrected chi connectivity index (χ2v) is 4.60. The van der Waals surface area contributed by atoms with E-state index >= 15 is 0 Å². The summed E-state index contributed by atoms with van der Waals surface area (Å²) < 4.78 is 4.98. The van der Waals surface area contributed by atoms with Gasteiger partial charge in [0.15, 0.2) is 0 Å². The lowest BCUT2D eigenvalue weighted by atomic mass is 10.2. The number of amides is 1. The van der Waals surface area contributed by atoms with Crippen molar-refractivity contribution in [1.29, 1.82) is 0 Å². The molecule has 86 valence electrons. The Labute approximate surface area is 91.0 Å². The Hall–Kier alpha value is -0.610. The largest absolute Gasteiger partial charge is 0.372 e. The van der Waals surface area contributed by atoms with Gasteiger partial charge in [-0.25, -0.2) is 0 Å². The van der Waals surface area contributed by atoms with Crippen LogP contribution in [-0.2, 0) is 9.53 Å². The predicted molar refractivity (Wildman–Crippen MR) is 57.6 cm³/mol. The molecule has 2 atom stereocenters. The summed E-state index contributed by atoms with van der Waals surface area (Å²) in [6.45, 7) is 3.94. The Morgan fingerprint density at radius 1 is 1.47 bits per heavy atom. The van der Waals surface area contributed by atoms with E-state index in [1.807, 2.05) is 0 Å². The molecular weight excluding hydrogens is 192 g/mol. The first-order chi connectivity index (χ1) is 7.20. The molecule has 1 saturated carbocycles. The zero-order valence-electron chi connectivity index (χ0n) is 9.53. The van der Waals surface area contributed by atoms with E-state index in [1.165, 1.54) is 12.8 Å². The Kier molecular flexibility index (Phi) is 3.26. The number of ether oxygens (including phenoxy) is 1. The van der Waals surface area contributed by atoms with Crippen LogP contribution in [0.2, 0.25) is 0 Å². The van der Waals surface area contributed by atoms with Crippen molar-refractivity contribution >= 4 is 5.91 Å². The monoisotopic (exact) mass is 212 g/mol. The quantitative estimate of drug-likeness (QED) is 0.732. The van der Waals surface area contributed by atoms with Crippen molar-refractivity contribution in [1.82, 2.24) is 10.2 Å². The summed E-state index contributed by atoms with van der Waals surface area (Å²) in [5, 5.41) is 3.04. The Morgan fingerprint density at radius 2 is 2.20 bits per heavy atom. The predicted octanol–water partition coefficient (Wildman–Crippen LogP) is 0.374. The molecule has 1 aliphatic carbocycles. The first-order valence-electron chi connectivity index (χ1n) is 5.78. The lowest BCUT2D eigenvalue weighted by Gasteiger charge is -2.17. The van der Waals surface area contributed by atoms with Gasteiger partial charge in [0.2, 0.25) is 5.91 Å². The van der Waals surface area contributed by atoms with E-state index in [0.717, 1.165) is 25.6 Å². The van der Waals surface area contributed by atoms with Crippen molar-refractivity contribution in [3.8, 4) is 0 Å². The molecule has 4 heteroatoms. The number of likely N-dealkylation sites (tertiary alicyclic amines) is 1. The van der Waals surface area contributed by atoms with Gasteiger partial charge < -0.3 is 10.1 Å². The number of methoxy groups -OCH3 is 1. The van der Waals surface area contributed by atoms with E-state index in [9.17, 15) is 4.79 Å². The highest BCUT2D eigenvalue weighted by atomic mass is 16.5. The third-order valence-corrected chi connectivity index (χ3v) is 3.35. The van der Waals surface area contributed by atoms with Crippen LogP contribution in [0, 0.1) is 0 Å². The fourth-order valence-corrected chi connectivity index (χ4v) is 2.10. The summed E-state index contributed by atoms with van der Waals surface area (Å²) in [5.74, 6) is 0.0140. The molecule has 4 nitrogen and oxygen atoms in total. The van der Waals surface area contributed by atoms with Crippen LogP contribution >= 0.6 is 0 Å². The number of hydrogen-bond acceptors (Lipinski definition) is 3. The molecule has 0 spiro atoms. The summed E-state index contributed by atoms with van der Waals surface area (Å²) >= 11 is 0. The van der Waals surface area contributed by atoms with Crippen molar-refractivity contribution in [3.63, 3.8) is 0 Å². The van der Waals surface area contributed by atoms with E-state index < -0.39 is 0 Å².